The molecule has 0 amide bonds. The zero-order valence-corrected chi connectivity index (χ0v) is 17.5. The third-order valence-electron chi connectivity index (χ3n) is 4.76. The third-order valence-corrected chi connectivity index (χ3v) is 4.76. The van der Waals surface area contributed by atoms with E-state index in [9.17, 15) is 13.2 Å². The first-order chi connectivity index (χ1) is 13.6. The molecule has 0 aromatic carbocycles. The van der Waals surface area contributed by atoms with E-state index in [1.807, 2.05) is 0 Å². The van der Waals surface area contributed by atoms with Crippen LogP contribution in [0.4, 0.5) is 13.2 Å². The number of nitrogens with one attached hydrogen (secondary N) is 2. The van der Waals surface area contributed by atoms with Crippen LogP contribution in [0.3, 0.4) is 0 Å². The molecule has 1 aliphatic heterocycles. The number of guanidine groups is 1. The fourth-order valence-corrected chi connectivity index (χ4v) is 3.50. The summed E-state index contributed by atoms with van der Waals surface area (Å²) in [6.07, 6.45) is -0.953. The zero-order chi connectivity index (χ0) is 21.5. The third kappa shape index (κ3) is 7.06. The van der Waals surface area contributed by atoms with Gasteiger partial charge >= 0.3 is 6.18 Å². The number of hydrogen-bond donors (Lipinski definition) is 2. The number of rotatable bonds is 6. The van der Waals surface area contributed by atoms with Crippen LogP contribution in [0, 0.1) is 11.3 Å². The van der Waals surface area contributed by atoms with Crippen molar-refractivity contribution < 1.29 is 22.6 Å². The van der Waals surface area contributed by atoms with Crippen LogP contribution in [0.15, 0.2) is 23.3 Å². The second-order valence-electron chi connectivity index (χ2n) is 8.14. The van der Waals surface area contributed by atoms with Crippen molar-refractivity contribution >= 4 is 5.96 Å². The van der Waals surface area contributed by atoms with Gasteiger partial charge in [0.1, 0.15) is 12.2 Å². The molecule has 0 aliphatic carbocycles. The maximum absolute atomic E-state index is 13.0. The van der Waals surface area contributed by atoms with Crippen molar-refractivity contribution in [2.24, 2.45) is 16.3 Å². The Hall–Kier alpha value is -2.03. The molecule has 9 heteroatoms. The largest absolute Gasteiger partial charge is 0.475 e. The summed E-state index contributed by atoms with van der Waals surface area (Å²) in [5, 5.41) is 6.34. The summed E-state index contributed by atoms with van der Waals surface area (Å²) in [4.78, 5) is 7.84. The molecule has 0 spiro atoms. The molecule has 2 N–H and O–H groups in total. The molecule has 1 aliphatic rings. The molecule has 2 atom stereocenters. The summed E-state index contributed by atoms with van der Waals surface area (Å²) in [5.41, 5.74) is -0.829. The van der Waals surface area contributed by atoms with Gasteiger partial charge in [0.15, 0.2) is 5.96 Å². The van der Waals surface area contributed by atoms with Crippen LogP contribution < -0.4 is 15.4 Å². The topological polar surface area (TPSA) is 67.8 Å². The zero-order valence-electron chi connectivity index (χ0n) is 17.5. The maximum atomic E-state index is 13.0. The van der Waals surface area contributed by atoms with Gasteiger partial charge in [-0.15, -0.1) is 0 Å². The number of halogens is 3. The van der Waals surface area contributed by atoms with Crippen molar-refractivity contribution in [1.29, 1.82) is 0 Å². The summed E-state index contributed by atoms with van der Waals surface area (Å²) in [5.74, 6) is 0.516. The predicted octanol–water partition coefficient (Wildman–Crippen LogP) is 3.49. The minimum atomic E-state index is -4.50. The van der Waals surface area contributed by atoms with Gasteiger partial charge in [0, 0.05) is 32.3 Å². The van der Waals surface area contributed by atoms with Gasteiger partial charge in [-0.25, -0.2) is 4.98 Å². The molecule has 6 nitrogen and oxygen atoms in total. The number of aliphatic imine (C=N–C) groups is 1. The Balaban J connectivity index is 1.80. The van der Waals surface area contributed by atoms with E-state index in [1.54, 1.807) is 7.05 Å². The summed E-state index contributed by atoms with van der Waals surface area (Å²) in [6, 6.07) is 2.19. The van der Waals surface area contributed by atoms with Gasteiger partial charge in [-0.1, -0.05) is 20.8 Å². The van der Waals surface area contributed by atoms with Crippen molar-refractivity contribution in [3.63, 3.8) is 0 Å². The highest BCUT2D eigenvalue weighted by Crippen LogP contribution is 2.35. The van der Waals surface area contributed by atoms with Crippen molar-refractivity contribution in [1.82, 2.24) is 15.6 Å². The van der Waals surface area contributed by atoms with Crippen molar-refractivity contribution in [2.75, 3.05) is 33.4 Å². The second-order valence-corrected chi connectivity index (χ2v) is 8.14. The summed E-state index contributed by atoms with van der Waals surface area (Å²) >= 11 is 0. The fourth-order valence-electron chi connectivity index (χ4n) is 3.50. The Morgan fingerprint density at radius 2 is 2.07 bits per heavy atom. The minimum Gasteiger partial charge on any atom is -0.475 e. The van der Waals surface area contributed by atoms with E-state index in [2.05, 4.69) is 41.4 Å². The second kappa shape index (κ2) is 10.1. The molecule has 0 saturated carbocycles. The number of ether oxygens (including phenoxy) is 2. The van der Waals surface area contributed by atoms with E-state index in [-0.39, 0.29) is 24.7 Å². The first-order valence-corrected chi connectivity index (χ1v) is 9.84. The quantitative estimate of drug-likeness (QED) is 0.422. The lowest BCUT2D eigenvalue weighted by molar-refractivity contribution is -0.139. The number of alkyl halides is 3. The Morgan fingerprint density at radius 1 is 1.31 bits per heavy atom. The van der Waals surface area contributed by atoms with E-state index in [0.717, 1.165) is 25.5 Å². The number of pyridine rings is 1. The van der Waals surface area contributed by atoms with Gasteiger partial charge in [0.25, 0.3) is 0 Å². The SMILES string of the molecule is CN=C(NCCOc1ncccc1C(F)(F)F)NCC1CCCOC1C(C)(C)C. The molecular weight excluding hydrogens is 385 g/mol. The lowest BCUT2D eigenvalue weighted by Gasteiger charge is -2.40. The summed E-state index contributed by atoms with van der Waals surface area (Å²) < 4.78 is 50.1. The van der Waals surface area contributed by atoms with Crippen LogP contribution in [-0.2, 0) is 10.9 Å². The number of nitrogens with zero attached hydrogens (tertiary/aromatic N) is 2. The van der Waals surface area contributed by atoms with E-state index >= 15 is 0 Å². The summed E-state index contributed by atoms with van der Waals surface area (Å²) in [7, 11) is 1.65. The van der Waals surface area contributed by atoms with Crippen molar-refractivity contribution in [3.8, 4) is 5.88 Å². The molecule has 1 aromatic heterocycles. The monoisotopic (exact) mass is 416 g/mol. The van der Waals surface area contributed by atoms with Gasteiger partial charge in [-0.3, -0.25) is 4.99 Å². The molecule has 2 rings (SSSR count). The standard InChI is InChI=1S/C20H31F3N4O2/c1-19(2,3)16-14(7-6-11-28-16)13-27-18(24-4)26-10-12-29-17-15(20(21,22)23)8-5-9-25-17/h5,8-9,14,16H,6-7,10-13H2,1-4H3,(H2,24,26,27). The smallest absolute Gasteiger partial charge is 0.421 e. The Bertz CT molecular complexity index is 674. The molecule has 29 heavy (non-hydrogen) atoms. The van der Waals surface area contributed by atoms with Crippen LogP contribution >= 0.6 is 0 Å². The Labute approximate surface area is 170 Å². The highest BCUT2D eigenvalue weighted by Gasteiger charge is 2.36. The van der Waals surface area contributed by atoms with Crippen LogP contribution in [0.2, 0.25) is 0 Å². The van der Waals surface area contributed by atoms with E-state index in [0.29, 0.717) is 18.4 Å². The highest BCUT2D eigenvalue weighted by atomic mass is 19.4. The maximum Gasteiger partial charge on any atom is 0.421 e. The Morgan fingerprint density at radius 3 is 2.72 bits per heavy atom. The van der Waals surface area contributed by atoms with Crippen LogP contribution in [0.1, 0.15) is 39.2 Å². The fraction of sp³-hybridized carbons (Fsp3) is 0.700. The minimum absolute atomic E-state index is 0.0257. The van der Waals surface area contributed by atoms with Gasteiger partial charge in [0.05, 0.1) is 12.6 Å². The average Bonchev–Trinajstić information content (AvgIpc) is 2.66. The molecule has 2 heterocycles. The van der Waals surface area contributed by atoms with Gasteiger partial charge < -0.3 is 20.1 Å². The molecule has 0 bridgehead atoms. The number of hydrogen-bond acceptors (Lipinski definition) is 4. The lowest BCUT2D eigenvalue weighted by Crippen LogP contribution is -2.48. The van der Waals surface area contributed by atoms with Crippen LogP contribution in [0.5, 0.6) is 5.88 Å². The van der Waals surface area contributed by atoms with Crippen molar-refractivity contribution in [2.45, 2.75) is 45.9 Å². The lowest BCUT2D eigenvalue weighted by atomic mass is 9.78. The van der Waals surface area contributed by atoms with Crippen LogP contribution in [0.25, 0.3) is 0 Å². The first-order valence-electron chi connectivity index (χ1n) is 9.84. The normalized spacial score (nSPS) is 21.0. The predicted molar refractivity (Wildman–Crippen MR) is 106 cm³/mol. The molecule has 1 fully saturated rings. The van der Waals surface area contributed by atoms with E-state index in [1.165, 1.54) is 12.3 Å². The molecule has 1 aromatic rings. The van der Waals surface area contributed by atoms with E-state index < -0.39 is 17.6 Å². The Kier molecular flexibility index (Phi) is 8.13. The van der Waals surface area contributed by atoms with Crippen molar-refractivity contribution in [3.05, 3.63) is 23.9 Å². The molecule has 2 unspecified atom stereocenters. The molecule has 1 saturated heterocycles. The average molecular weight is 416 g/mol. The molecule has 164 valence electrons. The number of aromatic nitrogens is 1. The van der Waals surface area contributed by atoms with Crippen LogP contribution in [-0.4, -0.2) is 50.4 Å². The first kappa shape index (κ1) is 23.3. The van der Waals surface area contributed by atoms with Gasteiger partial charge in [-0.2, -0.15) is 13.2 Å². The highest BCUT2D eigenvalue weighted by molar-refractivity contribution is 5.79. The summed E-state index contributed by atoms with van der Waals surface area (Å²) in [6.45, 7) is 8.33. The molecular formula is C20H31F3N4O2. The van der Waals surface area contributed by atoms with Gasteiger partial charge in [-0.05, 0) is 30.4 Å². The van der Waals surface area contributed by atoms with Gasteiger partial charge in [0.2, 0.25) is 5.88 Å². The van der Waals surface area contributed by atoms with E-state index in [4.69, 9.17) is 9.47 Å². The molecule has 0 radical (unpaired) electrons.